The minimum absolute atomic E-state index is 0.00523. The van der Waals surface area contributed by atoms with Gasteiger partial charge < -0.3 is 10.2 Å². The van der Waals surface area contributed by atoms with E-state index < -0.39 is 15.7 Å². The lowest BCUT2D eigenvalue weighted by Crippen LogP contribution is -2.22. The van der Waals surface area contributed by atoms with E-state index in [-0.39, 0.29) is 21.7 Å². The average Bonchev–Trinajstić information content (AvgIpc) is 2.81. The molecule has 182 valence electrons. The highest BCUT2D eigenvalue weighted by Crippen LogP contribution is 2.31. The summed E-state index contributed by atoms with van der Waals surface area (Å²) in [6.45, 7) is 0.423. The van der Waals surface area contributed by atoms with Crippen LogP contribution in [0.4, 0.5) is 15.9 Å². The molecule has 2 aromatic carbocycles. The van der Waals surface area contributed by atoms with Crippen LogP contribution in [0.5, 0.6) is 0 Å². The van der Waals surface area contributed by atoms with E-state index in [1.807, 2.05) is 37.2 Å². The van der Waals surface area contributed by atoms with Gasteiger partial charge in [-0.25, -0.2) is 27.8 Å². The van der Waals surface area contributed by atoms with Crippen molar-refractivity contribution in [1.82, 2.24) is 19.9 Å². The second-order valence-corrected chi connectivity index (χ2v) is 11.2. The SMILES string of the molecule is CN(C)CCS(=O)(=O)Cc1cc(-c2ccc3ncnc(Nc4ccc(F)c(Cl)c4)c3c2)cnc1Cl. The third-order valence-corrected chi connectivity index (χ3v) is 7.47. The van der Waals surface area contributed by atoms with Crippen LogP contribution in [0.2, 0.25) is 10.2 Å². The number of anilines is 2. The number of benzene rings is 2. The summed E-state index contributed by atoms with van der Waals surface area (Å²) in [6, 6.07) is 11.6. The quantitative estimate of drug-likeness (QED) is 0.305. The fourth-order valence-electron chi connectivity index (χ4n) is 3.43. The number of pyridine rings is 1. The van der Waals surface area contributed by atoms with E-state index in [0.717, 1.165) is 5.56 Å². The Morgan fingerprint density at radius 3 is 2.54 bits per heavy atom. The zero-order valence-corrected chi connectivity index (χ0v) is 21.3. The summed E-state index contributed by atoms with van der Waals surface area (Å²) < 4.78 is 38.7. The van der Waals surface area contributed by atoms with Gasteiger partial charge in [0.1, 0.15) is 23.1 Å². The van der Waals surface area contributed by atoms with Gasteiger partial charge in [-0.15, -0.1) is 0 Å². The number of fused-ring (bicyclic) bond motifs is 1. The lowest BCUT2D eigenvalue weighted by Gasteiger charge is -2.12. The number of aromatic nitrogens is 3. The molecule has 4 aromatic rings. The predicted octanol–water partition coefficient (Wildman–Crippen LogP) is 5.36. The number of halogens is 3. The van der Waals surface area contributed by atoms with Crippen LogP contribution in [0.25, 0.3) is 22.0 Å². The van der Waals surface area contributed by atoms with Gasteiger partial charge in [0.2, 0.25) is 0 Å². The Morgan fingerprint density at radius 2 is 1.80 bits per heavy atom. The smallest absolute Gasteiger partial charge is 0.155 e. The normalized spacial score (nSPS) is 11.8. The summed E-state index contributed by atoms with van der Waals surface area (Å²) in [5.41, 5.74) is 3.18. The highest BCUT2D eigenvalue weighted by Gasteiger charge is 2.17. The van der Waals surface area contributed by atoms with Crippen molar-refractivity contribution in [3.05, 3.63) is 76.5 Å². The molecule has 7 nitrogen and oxygen atoms in total. The molecule has 0 saturated heterocycles. The zero-order valence-electron chi connectivity index (χ0n) is 19.0. The summed E-state index contributed by atoms with van der Waals surface area (Å²) in [5.74, 6) is -0.180. The molecule has 35 heavy (non-hydrogen) atoms. The number of nitrogens with one attached hydrogen (secondary N) is 1. The van der Waals surface area contributed by atoms with Crippen LogP contribution in [0.1, 0.15) is 5.56 Å². The number of hydrogen-bond acceptors (Lipinski definition) is 7. The molecule has 11 heteroatoms. The van der Waals surface area contributed by atoms with Crippen molar-refractivity contribution in [1.29, 1.82) is 0 Å². The average molecular weight is 534 g/mol. The van der Waals surface area contributed by atoms with Gasteiger partial charge >= 0.3 is 0 Å². The predicted molar refractivity (Wildman–Crippen MR) is 139 cm³/mol. The molecule has 0 bridgehead atoms. The van der Waals surface area contributed by atoms with Crippen LogP contribution in [-0.4, -0.2) is 54.7 Å². The molecule has 0 aliphatic rings. The summed E-state index contributed by atoms with van der Waals surface area (Å²) in [5, 5.41) is 4.00. The van der Waals surface area contributed by atoms with Crippen molar-refractivity contribution in [3.63, 3.8) is 0 Å². The van der Waals surface area contributed by atoms with Crippen molar-refractivity contribution < 1.29 is 12.8 Å². The number of rotatable bonds is 8. The fraction of sp³-hybridized carbons (Fsp3) is 0.208. The Balaban J connectivity index is 1.68. The lowest BCUT2D eigenvalue weighted by atomic mass is 10.0. The van der Waals surface area contributed by atoms with Gasteiger partial charge in [0.15, 0.2) is 9.84 Å². The number of sulfone groups is 1. The van der Waals surface area contributed by atoms with Crippen molar-refractivity contribution in [2.24, 2.45) is 0 Å². The number of hydrogen-bond donors (Lipinski definition) is 1. The van der Waals surface area contributed by atoms with Gasteiger partial charge in [0.25, 0.3) is 0 Å². The van der Waals surface area contributed by atoms with Crippen LogP contribution >= 0.6 is 23.2 Å². The summed E-state index contributed by atoms with van der Waals surface area (Å²) in [6.07, 6.45) is 3.02. The Bertz CT molecular complexity index is 1500. The summed E-state index contributed by atoms with van der Waals surface area (Å²) in [7, 11) is 0.275. The van der Waals surface area contributed by atoms with Gasteiger partial charge in [0, 0.05) is 34.9 Å². The van der Waals surface area contributed by atoms with E-state index >= 15 is 0 Å². The first-order valence-electron chi connectivity index (χ1n) is 10.6. The molecule has 2 aromatic heterocycles. The monoisotopic (exact) mass is 533 g/mol. The lowest BCUT2D eigenvalue weighted by molar-refractivity contribution is 0.432. The van der Waals surface area contributed by atoms with Crippen LogP contribution < -0.4 is 5.32 Å². The van der Waals surface area contributed by atoms with E-state index in [4.69, 9.17) is 23.2 Å². The topological polar surface area (TPSA) is 88.1 Å². The maximum atomic E-state index is 13.5. The number of nitrogens with zero attached hydrogens (tertiary/aromatic N) is 4. The Kier molecular flexibility index (Phi) is 7.51. The molecule has 0 spiro atoms. The third-order valence-electron chi connectivity index (χ3n) is 5.29. The third kappa shape index (κ3) is 6.24. The molecule has 0 radical (unpaired) electrons. The molecular weight excluding hydrogens is 512 g/mol. The minimum Gasteiger partial charge on any atom is -0.340 e. The van der Waals surface area contributed by atoms with Crippen molar-refractivity contribution in [3.8, 4) is 11.1 Å². The minimum atomic E-state index is -3.37. The molecule has 0 atom stereocenters. The largest absolute Gasteiger partial charge is 0.340 e. The molecule has 0 aliphatic carbocycles. The molecule has 0 aliphatic heterocycles. The molecule has 2 heterocycles. The van der Waals surface area contributed by atoms with E-state index in [1.54, 1.807) is 18.3 Å². The Labute approximate surface area is 212 Å². The summed E-state index contributed by atoms with van der Waals surface area (Å²) in [4.78, 5) is 14.7. The van der Waals surface area contributed by atoms with E-state index in [2.05, 4.69) is 20.3 Å². The van der Waals surface area contributed by atoms with Gasteiger partial charge in [0.05, 0.1) is 22.0 Å². The maximum Gasteiger partial charge on any atom is 0.155 e. The van der Waals surface area contributed by atoms with Gasteiger partial charge in [-0.05, 0) is 56.1 Å². The molecular formula is C24H22Cl2FN5O2S. The second kappa shape index (κ2) is 10.4. The van der Waals surface area contributed by atoms with E-state index in [0.29, 0.717) is 40.1 Å². The maximum absolute atomic E-state index is 13.5. The Hall–Kier alpha value is -2.85. The molecule has 0 unspecified atom stereocenters. The van der Waals surface area contributed by atoms with Crippen molar-refractivity contribution in [2.45, 2.75) is 5.75 Å². The van der Waals surface area contributed by atoms with Crippen LogP contribution in [-0.2, 0) is 15.6 Å². The first-order chi connectivity index (χ1) is 16.6. The molecule has 1 N–H and O–H groups in total. The van der Waals surface area contributed by atoms with Gasteiger partial charge in [-0.3, -0.25) is 0 Å². The van der Waals surface area contributed by atoms with E-state index in [9.17, 15) is 12.8 Å². The first kappa shape index (κ1) is 25.2. The zero-order chi connectivity index (χ0) is 25.2. The molecule has 4 rings (SSSR count). The molecule has 0 amide bonds. The van der Waals surface area contributed by atoms with Crippen LogP contribution in [0.3, 0.4) is 0 Å². The molecule has 0 saturated carbocycles. The molecule has 0 fully saturated rings. The fourth-order valence-corrected chi connectivity index (χ4v) is 5.34. The van der Waals surface area contributed by atoms with Crippen LogP contribution in [0.15, 0.2) is 55.0 Å². The van der Waals surface area contributed by atoms with Crippen molar-refractivity contribution >= 4 is 55.4 Å². The Morgan fingerprint density at radius 1 is 1.00 bits per heavy atom. The van der Waals surface area contributed by atoms with Gasteiger partial charge in [-0.1, -0.05) is 29.3 Å². The van der Waals surface area contributed by atoms with E-state index in [1.165, 1.54) is 18.5 Å². The summed E-state index contributed by atoms with van der Waals surface area (Å²) >= 11 is 12.1. The van der Waals surface area contributed by atoms with Crippen molar-refractivity contribution in [2.75, 3.05) is 31.7 Å². The van der Waals surface area contributed by atoms with Gasteiger partial charge in [-0.2, -0.15) is 0 Å². The highest BCUT2D eigenvalue weighted by atomic mass is 35.5. The van der Waals surface area contributed by atoms with Crippen LogP contribution in [0, 0.1) is 5.82 Å². The first-order valence-corrected chi connectivity index (χ1v) is 13.2. The highest BCUT2D eigenvalue weighted by molar-refractivity contribution is 7.90. The second-order valence-electron chi connectivity index (χ2n) is 8.28. The standard InChI is InChI=1S/C24H22Cl2FN5O2S/c1-32(2)7-8-35(33,34)13-17-9-16(12-28-23(17)26)15-3-6-22-19(10-15)24(30-14-29-22)31-18-4-5-21(27)20(25)11-18/h3-6,9-12,14H,7-8,13H2,1-2H3,(H,29,30,31).